The lowest BCUT2D eigenvalue weighted by atomic mass is 10.1. The third kappa shape index (κ3) is 4.30. The molecule has 0 bridgehead atoms. The average Bonchev–Trinajstić information content (AvgIpc) is 2.66. The fourth-order valence-corrected chi connectivity index (χ4v) is 2.91. The minimum absolute atomic E-state index is 0.0640. The van der Waals surface area contributed by atoms with Gasteiger partial charge in [-0.15, -0.1) is 0 Å². The Bertz CT molecular complexity index is 983. The average molecular weight is 372 g/mol. The molecule has 0 fully saturated rings. The van der Waals surface area contributed by atoms with Crippen LogP contribution in [0.4, 0.5) is 13.2 Å². The third-order valence-corrected chi connectivity index (χ3v) is 4.41. The van der Waals surface area contributed by atoms with Crippen LogP contribution in [0.25, 0.3) is 10.8 Å². The van der Waals surface area contributed by atoms with Crippen LogP contribution in [-0.4, -0.2) is 5.97 Å². The van der Waals surface area contributed by atoms with Gasteiger partial charge in [0.15, 0.2) is 23.2 Å². The van der Waals surface area contributed by atoms with Gasteiger partial charge in [0.25, 0.3) is 0 Å². The van der Waals surface area contributed by atoms with Crippen LogP contribution in [0.2, 0.25) is 0 Å². The quantitative estimate of drug-likeness (QED) is 0.292. The van der Waals surface area contributed by atoms with E-state index in [9.17, 15) is 18.0 Å². The highest BCUT2D eigenvalue weighted by molar-refractivity contribution is 5.96. The molecule has 0 N–H and O–H groups in total. The van der Waals surface area contributed by atoms with Crippen LogP contribution in [0.3, 0.4) is 0 Å². The van der Waals surface area contributed by atoms with Crippen LogP contribution in [0.5, 0.6) is 5.75 Å². The Morgan fingerprint density at radius 3 is 2.48 bits per heavy atom. The van der Waals surface area contributed by atoms with Crippen molar-refractivity contribution >= 4 is 16.7 Å². The van der Waals surface area contributed by atoms with E-state index >= 15 is 0 Å². The van der Waals surface area contributed by atoms with E-state index in [-0.39, 0.29) is 16.7 Å². The highest BCUT2D eigenvalue weighted by atomic mass is 19.2. The molecule has 3 aromatic carbocycles. The summed E-state index contributed by atoms with van der Waals surface area (Å²) in [6.07, 6.45) is 3.90. The van der Waals surface area contributed by atoms with Gasteiger partial charge in [-0.05, 0) is 54.1 Å². The van der Waals surface area contributed by atoms with Crippen molar-refractivity contribution in [1.29, 1.82) is 0 Å². The molecule has 0 amide bonds. The maximum absolute atomic E-state index is 14.2. The van der Waals surface area contributed by atoms with Crippen molar-refractivity contribution in [3.63, 3.8) is 0 Å². The van der Waals surface area contributed by atoms with Crippen LogP contribution in [0, 0.1) is 17.5 Å². The molecular weight excluding hydrogens is 353 g/mol. The summed E-state index contributed by atoms with van der Waals surface area (Å²) in [6.45, 7) is 2.10. The van der Waals surface area contributed by atoms with Crippen LogP contribution in [0.15, 0.2) is 48.5 Å². The van der Waals surface area contributed by atoms with Crippen molar-refractivity contribution in [2.45, 2.75) is 32.6 Å². The Balaban J connectivity index is 1.77. The fraction of sp³-hybridized carbons (Fsp3) is 0.227. The number of rotatable bonds is 6. The number of benzene rings is 3. The summed E-state index contributed by atoms with van der Waals surface area (Å²) >= 11 is 0. The molecule has 0 unspecified atom stereocenters. The fourth-order valence-electron chi connectivity index (χ4n) is 2.91. The molecule has 0 aliphatic carbocycles. The zero-order valence-corrected chi connectivity index (χ0v) is 14.9. The highest BCUT2D eigenvalue weighted by Gasteiger charge is 2.15. The molecular formula is C22H19F3O2. The first-order valence-electron chi connectivity index (χ1n) is 8.88. The smallest absolute Gasteiger partial charge is 0.343 e. The largest absolute Gasteiger partial charge is 0.420 e. The summed E-state index contributed by atoms with van der Waals surface area (Å²) in [5.41, 5.74) is 0.976. The number of halogens is 3. The summed E-state index contributed by atoms with van der Waals surface area (Å²) in [6, 6.07) is 10.9. The Kier molecular flexibility index (Phi) is 5.79. The number of hydrogen-bond acceptors (Lipinski definition) is 2. The van der Waals surface area contributed by atoms with Crippen molar-refractivity contribution in [3.8, 4) is 5.75 Å². The van der Waals surface area contributed by atoms with E-state index in [1.54, 1.807) is 6.07 Å². The second-order valence-corrected chi connectivity index (χ2v) is 6.41. The Hall–Kier alpha value is -2.82. The lowest BCUT2D eigenvalue weighted by Gasteiger charge is -2.08. The summed E-state index contributed by atoms with van der Waals surface area (Å²) in [5, 5.41) is 0.421. The Labute approximate surface area is 155 Å². The standard InChI is InChI=1S/C22H19F3O2/c1-2-3-4-5-14-6-11-20(19(24)12-14)27-22(26)16-7-9-17-15(13-16)8-10-18(23)21(17)25/h6-13H,2-5H2,1H3. The lowest BCUT2D eigenvalue weighted by Crippen LogP contribution is -2.09. The first kappa shape index (κ1) is 19.0. The number of ether oxygens (including phenoxy) is 1. The van der Waals surface area contributed by atoms with Gasteiger partial charge in [0.1, 0.15) is 0 Å². The number of hydrogen-bond donors (Lipinski definition) is 0. The third-order valence-electron chi connectivity index (χ3n) is 4.41. The zero-order chi connectivity index (χ0) is 19.4. The van der Waals surface area contributed by atoms with Gasteiger partial charge in [-0.1, -0.05) is 38.0 Å². The molecule has 0 aliphatic rings. The number of carbonyl (C=O) groups is 1. The van der Waals surface area contributed by atoms with Crippen LogP contribution in [-0.2, 0) is 6.42 Å². The van der Waals surface area contributed by atoms with E-state index < -0.39 is 23.4 Å². The maximum atomic E-state index is 14.2. The predicted molar refractivity (Wildman–Crippen MR) is 98.5 cm³/mol. The van der Waals surface area contributed by atoms with E-state index in [1.807, 2.05) is 0 Å². The normalized spacial score (nSPS) is 11.0. The minimum atomic E-state index is -0.975. The molecule has 140 valence electrons. The zero-order valence-electron chi connectivity index (χ0n) is 14.9. The molecule has 0 radical (unpaired) electrons. The second-order valence-electron chi connectivity index (χ2n) is 6.41. The maximum Gasteiger partial charge on any atom is 0.343 e. The SMILES string of the molecule is CCCCCc1ccc(OC(=O)c2ccc3c(F)c(F)ccc3c2)c(F)c1. The second kappa shape index (κ2) is 8.25. The molecule has 2 nitrogen and oxygen atoms in total. The van der Waals surface area contributed by atoms with Crippen LogP contribution >= 0.6 is 0 Å². The van der Waals surface area contributed by atoms with Crippen molar-refractivity contribution in [2.75, 3.05) is 0 Å². The Morgan fingerprint density at radius 2 is 1.74 bits per heavy atom. The van der Waals surface area contributed by atoms with Gasteiger partial charge < -0.3 is 4.74 Å². The molecule has 0 saturated heterocycles. The summed E-state index contributed by atoms with van der Waals surface area (Å²) in [5.74, 6) is -3.47. The van der Waals surface area contributed by atoms with Crippen LogP contribution < -0.4 is 4.74 Å². The van der Waals surface area contributed by atoms with E-state index in [2.05, 4.69) is 6.92 Å². The van der Waals surface area contributed by atoms with Gasteiger partial charge >= 0.3 is 5.97 Å². The molecule has 3 rings (SSSR count). The molecule has 0 heterocycles. The highest BCUT2D eigenvalue weighted by Crippen LogP contribution is 2.24. The van der Waals surface area contributed by atoms with Gasteiger partial charge in [-0.2, -0.15) is 0 Å². The number of esters is 1. The Morgan fingerprint density at radius 1 is 0.926 bits per heavy atom. The van der Waals surface area contributed by atoms with Crippen molar-refractivity contribution in [1.82, 2.24) is 0 Å². The minimum Gasteiger partial charge on any atom is -0.420 e. The number of carbonyl (C=O) groups excluding carboxylic acids is 1. The molecule has 3 aromatic rings. The summed E-state index contributed by atoms with van der Waals surface area (Å²) in [7, 11) is 0. The molecule has 0 aromatic heterocycles. The van der Waals surface area contributed by atoms with E-state index in [1.165, 1.54) is 36.4 Å². The summed E-state index contributed by atoms with van der Waals surface area (Å²) < 4.78 is 46.4. The molecule has 0 aliphatic heterocycles. The molecule has 5 heteroatoms. The van der Waals surface area contributed by atoms with Crippen molar-refractivity contribution in [3.05, 3.63) is 77.1 Å². The molecule has 0 atom stereocenters. The van der Waals surface area contributed by atoms with Gasteiger partial charge in [-0.3, -0.25) is 0 Å². The summed E-state index contributed by atoms with van der Waals surface area (Å²) in [4.78, 5) is 12.3. The molecule has 0 saturated carbocycles. The van der Waals surface area contributed by atoms with Gasteiger partial charge in [0.05, 0.1) is 5.56 Å². The van der Waals surface area contributed by atoms with Gasteiger partial charge in [0, 0.05) is 5.39 Å². The number of unbranched alkanes of at least 4 members (excludes halogenated alkanes) is 2. The van der Waals surface area contributed by atoms with E-state index in [4.69, 9.17) is 4.74 Å². The molecule has 0 spiro atoms. The first-order valence-corrected chi connectivity index (χ1v) is 8.88. The monoisotopic (exact) mass is 372 g/mol. The van der Waals surface area contributed by atoms with E-state index in [0.717, 1.165) is 37.3 Å². The number of fused-ring (bicyclic) bond motifs is 1. The predicted octanol–water partition coefficient (Wildman–Crippen LogP) is 6.21. The number of aryl methyl sites for hydroxylation is 1. The first-order chi connectivity index (χ1) is 13.0. The van der Waals surface area contributed by atoms with Crippen molar-refractivity contribution in [2.24, 2.45) is 0 Å². The topological polar surface area (TPSA) is 26.3 Å². The lowest BCUT2D eigenvalue weighted by molar-refractivity contribution is 0.0728. The van der Waals surface area contributed by atoms with Gasteiger partial charge in [-0.25, -0.2) is 18.0 Å². The van der Waals surface area contributed by atoms with Crippen LogP contribution in [0.1, 0.15) is 42.1 Å². The van der Waals surface area contributed by atoms with Gasteiger partial charge in [0.2, 0.25) is 0 Å². The molecule has 27 heavy (non-hydrogen) atoms. The van der Waals surface area contributed by atoms with Crippen molar-refractivity contribution < 1.29 is 22.7 Å². The van der Waals surface area contributed by atoms with E-state index in [0.29, 0.717) is 5.39 Å².